The van der Waals surface area contributed by atoms with Crippen molar-refractivity contribution in [2.75, 3.05) is 13.2 Å². The minimum atomic E-state index is -4.02. The lowest BCUT2D eigenvalue weighted by Gasteiger charge is -2.04. The molecule has 0 amide bonds. The fraction of sp³-hybridized carbons (Fsp3) is 0.417. The lowest BCUT2D eigenvalue weighted by Crippen LogP contribution is -2.30. The predicted molar refractivity (Wildman–Crippen MR) is 72.7 cm³/mol. The van der Waals surface area contributed by atoms with E-state index in [1.807, 2.05) is 6.92 Å². The number of hydrogen-bond acceptors (Lipinski definition) is 6. The maximum absolute atomic E-state index is 10.5. The van der Waals surface area contributed by atoms with Gasteiger partial charge in [-0.25, -0.2) is 4.79 Å². The van der Waals surface area contributed by atoms with Crippen molar-refractivity contribution < 1.29 is 27.6 Å². The fourth-order valence-electron chi connectivity index (χ4n) is 1.04. The number of carbonyl (C=O) groups excluding carboxylic acids is 1. The molecule has 0 radical (unpaired) electrons. The molecule has 0 saturated carbocycles. The molecule has 1 atom stereocenters. The molecule has 0 aliphatic rings. The third-order valence-corrected chi connectivity index (χ3v) is 2.97. The van der Waals surface area contributed by atoms with Gasteiger partial charge < -0.3 is 15.6 Å². The van der Waals surface area contributed by atoms with E-state index in [9.17, 15) is 13.2 Å². The summed E-state index contributed by atoms with van der Waals surface area (Å²) in [5.74, 6) is -0.653. The van der Waals surface area contributed by atoms with Crippen LogP contribution in [0.2, 0.25) is 0 Å². The highest BCUT2D eigenvalue weighted by molar-refractivity contribution is 7.85. The topological polar surface area (TPSA) is 127 Å². The molecule has 0 aliphatic heterocycles. The zero-order chi connectivity index (χ0) is 15.8. The van der Waals surface area contributed by atoms with Crippen LogP contribution in [0.3, 0.4) is 0 Å². The Morgan fingerprint density at radius 2 is 1.85 bits per heavy atom. The molecule has 20 heavy (non-hydrogen) atoms. The number of carbonyl (C=O) groups is 1. The van der Waals surface area contributed by atoms with Gasteiger partial charge in [0.05, 0.1) is 11.5 Å². The van der Waals surface area contributed by atoms with Crippen molar-refractivity contribution in [1.29, 1.82) is 0 Å². The summed E-state index contributed by atoms with van der Waals surface area (Å²) in [7, 11) is -4.02. The van der Waals surface area contributed by atoms with Gasteiger partial charge in [-0.15, -0.1) is 0 Å². The van der Waals surface area contributed by atoms with Gasteiger partial charge >= 0.3 is 5.97 Å². The molecule has 0 heterocycles. The zero-order valence-electron chi connectivity index (χ0n) is 11.3. The van der Waals surface area contributed by atoms with Gasteiger partial charge in [-0.3, -0.25) is 4.55 Å². The van der Waals surface area contributed by atoms with Crippen molar-refractivity contribution in [3.8, 4) is 0 Å². The van der Waals surface area contributed by atoms with Crippen molar-refractivity contribution >= 4 is 16.1 Å². The molecule has 0 aliphatic carbocycles. The average Bonchev–Trinajstić information content (AvgIpc) is 2.38. The molecular weight excluding hydrogens is 286 g/mol. The van der Waals surface area contributed by atoms with Gasteiger partial charge in [0.2, 0.25) is 0 Å². The summed E-state index contributed by atoms with van der Waals surface area (Å²) in [4.78, 5) is 10.4. The van der Waals surface area contributed by atoms with Crippen molar-refractivity contribution in [2.24, 2.45) is 5.73 Å². The average molecular weight is 305 g/mol. The molecule has 7 nitrogen and oxygen atoms in total. The van der Waals surface area contributed by atoms with Crippen molar-refractivity contribution in [2.45, 2.75) is 24.8 Å². The summed E-state index contributed by atoms with van der Waals surface area (Å²) in [5, 5.41) is 8.66. The van der Waals surface area contributed by atoms with E-state index in [-0.39, 0.29) is 18.0 Å². The van der Waals surface area contributed by atoms with Crippen LogP contribution in [-0.2, 0) is 19.6 Å². The number of rotatable bonds is 4. The Bertz CT molecular complexity index is 511. The number of nitrogens with two attached hydrogens (primary N) is 1. The molecule has 1 rings (SSSR count). The van der Waals surface area contributed by atoms with Crippen molar-refractivity contribution in [1.82, 2.24) is 0 Å². The van der Waals surface area contributed by atoms with Crippen LogP contribution in [0, 0.1) is 6.92 Å². The van der Waals surface area contributed by atoms with Crippen LogP contribution >= 0.6 is 0 Å². The van der Waals surface area contributed by atoms with Gasteiger partial charge in [0.25, 0.3) is 10.1 Å². The molecular formula is C12H19NO6S. The van der Waals surface area contributed by atoms with Crippen molar-refractivity contribution in [3.63, 3.8) is 0 Å². The first-order valence-corrected chi connectivity index (χ1v) is 7.25. The molecule has 0 saturated heterocycles. The standard InChI is InChI=1S/C7H8O3S.C5H11NO3/c1-6-2-4-7(5-3-6)11(8,9)10;1-2-9-5(8)4(7)3-6/h2-5H,1H3,(H,8,9,10);4,7H,2-3,6H2,1H3/t;4-/m.0/s1. The molecule has 1 aromatic rings. The van der Waals surface area contributed by atoms with E-state index >= 15 is 0 Å². The van der Waals surface area contributed by atoms with E-state index < -0.39 is 22.2 Å². The second kappa shape index (κ2) is 8.64. The van der Waals surface area contributed by atoms with E-state index in [1.54, 1.807) is 19.1 Å². The molecule has 8 heteroatoms. The third kappa shape index (κ3) is 7.19. The largest absolute Gasteiger partial charge is 0.464 e. The summed E-state index contributed by atoms with van der Waals surface area (Å²) >= 11 is 0. The van der Waals surface area contributed by atoms with E-state index in [0.29, 0.717) is 0 Å². The molecule has 114 valence electrons. The van der Waals surface area contributed by atoms with E-state index in [4.69, 9.17) is 15.4 Å². The monoisotopic (exact) mass is 305 g/mol. The summed E-state index contributed by atoms with van der Waals surface area (Å²) in [6.07, 6.45) is -1.16. The van der Waals surface area contributed by atoms with Crippen LogP contribution < -0.4 is 5.73 Å². The van der Waals surface area contributed by atoms with E-state index in [0.717, 1.165) is 5.56 Å². The first kappa shape index (κ1) is 18.5. The quantitative estimate of drug-likeness (QED) is 0.532. The fourth-order valence-corrected chi connectivity index (χ4v) is 1.52. The number of benzene rings is 1. The second-order valence-electron chi connectivity index (χ2n) is 3.79. The summed E-state index contributed by atoms with van der Waals surface area (Å²) in [5.41, 5.74) is 5.91. The highest BCUT2D eigenvalue weighted by atomic mass is 32.2. The molecule has 0 spiro atoms. The first-order valence-electron chi connectivity index (χ1n) is 5.81. The smallest absolute Gasteiger partial charge is 0.336 e. The number of aryl methyl sites for hydroxylation is 1. The zero-order valence-corrected chi connectivity index (χ0v) is 12.1. The van der Waals surface area contributed by atoms with Gasteiger partial charge in [0, 0.05) is 6.54 Å². The van der Waals surface area contributed by atoms with Crippen LogP contribution in [0.4, 0.5) is 0 Å². The molecule has 1 aromatic carbocycles. The molecule has 0 aromatic heterocycles. The Hall–Kier alpha value is -1.48. The van der Waals surface area contributed by atoms with Gasteiger partial charge in [-0.05, 0) is 26.0 Å². The van der Waals surface area contributed by atoms with Crippen molar-refractivity contribution in [3.05, 3.63) is 29.8 Å². The molecule has 4 N–H and O–H groups in total. The van der Waals surface area contributed by atoms with Gasteiger partial charge in [-0.1, -0.05) is 17.7 Å². The van der Waals surface area contributed by atoms with E-state index in [1.165, 1.54) is 12.1 Å². The van der Waals surface area contributed by atoms with Crippen LogP contribution in [0.15, 0.2) is 29.2 Å². The number of aliphatic hydroxyl groups is 1. The van der Waals surface area contributed by atoms with Crippen LogP contribution in [0.5, 0.6) is 0 Å². The van der Waals surface area contributed by atoms with Crippen LogP contribution in [0.25, 0.3) is 0 Å². The minimum absolute atomic E-state index is 0.0666. The maximum Gasteiger partial charge on any atom is 0.336 e. The Kier molecular flexibility index (Phi) is 8.00. The summed E-state index contributed by atoms with van der Waals surface area (Å²) in [6.45, 7) is 3.70. The predicted octanol–water partition coefficient (Wildman–Crippen LogP) is 0.111. The second-order valence-corrected chi connectivity index (χ2v) is 5.21. The first-order chi connectivity index (χ1) is 9.22. The lowest BCUT2D eigenvalue weighted by atomic mass is 10.2. The van der Waals surface area contributed by atoms with Gasteiger partial charge in [0.15, 0.2) is 6.10 Å². The van der Waals surface area contributed by atoms with Gasteiger partial charge in [0.1, 0.15) is 0 Å². The Balaban J connectivity index is 0.000000370. The SMILES string of the molecule is CCOC(=O)[C@@H](O)CN.Cc1ccc(S(=O)(=O)O)cc1. The Morgan fingerprint density at radius 1 is 1.35 bits per heavy atom. The number of hydrogen-bond donors (Lipinski definition) is 3. The summed E-state index contributed by atoms with van der Waals surface area (Å²) < 4.78 is 34.0. The van der Waals surface area contributed by atoms with Crippen LogP contribution in [0.1, 0.15) is 12.5 Å². The molecule has 0 fully saturated rings. The highest BCUT2D eigenvalue weighted by Gasteiger charge is 2.12. The summed E-state index contributed by atoms with van der Waals surface area (Å²) in [6, 6.07) is 5.99. The van der Waals surface area contributed by atoms with Gasteiger partial charge in [-0.2, -0.15) is 8.42 Å². The van der Waals surface area contributed by atoms with E-state index in [2.05, 4.69) is 4.74 Å². The van der Waals surface area contributed by atoms with Crippen LogP contribution in [-0.4, -0.2) is 43.3 Å². The maximum atomic E-state index is 10.5. The molecule has 0 bridgehead atoms. The Labute approximate surface area is 118 Å². The highest BCUT2D eigenvalue weighted by Crippen LogP contribution is 2.08. The lowest BCUT2D eigenvalue weighted by molar-refractivity contribution is -0.152. The minimum Gasteiger partial charge on any atom is -0.464 e. The normalized spacial score (nSPS) is 12.1. The number of ether oxygens (including phenoxy) is 1. The number of esters is 1. The Morgan fingerprint density at radius 3 is 2.20 bits per heavy atom. The number of aliphatic hydroxyl groups excluding tert-OH is 1. The molecule has 0 unspecified atom stereocenters. The third-order valence-electron chi connectivity index (χ3n) is 2.10.